The van der Waals surface area contributed by atoms with E-state index in [-0.39, 0.29) is 67.1 Å². The molecule has 7 rings (SSSR count). The SMILES string of the molecule is Cn1nc(N2CCC(=O)CC2=O)c2cccc(NC(=O)CN3CCN(CCCOC4CCC(N5C(=S)N(c6cnc(C#N)c(C(F)(F)F)c6)C(=O)C5(C)C)CC4)C[C@@H]3C(F)(F)F)c21. The van der Waals surface area contributed by atoms with Crippen LogP contribution in [0.4, 0.5) is 43.5 Å². The number of aryl methyl sites for hydroxylation is 1. The maximum Gasteiger partial charge on any atom is 0.419 e. The fourth-order valence-electron chi connectivity index (χ4n) is 9.05. The van der Waals surface area contributed by atoms with Crippen molar-refractivity contribution in [2.24, 2.45) is 7.05 Å². The van der Waals surface area contributed by atoms with Gasteiger partial charge in [-0.3, -0.25) is 38.6 Å². The summed E-state index contributed by atoms with van der Waals surface area (Å²) in [6.07, 6.45) is -5.84. The van der Waals surface area contributed by atoms with Crippen LogP contribution in [-0.4, -0.2) is 134 Å². The number of nitrogens with zero attached hydrogens (tertiary/aromatic N) is 9. The Morgan fingerprint density at radius 2 is 1.79 bits per heavy atom. The highest BCUT2D eigenvalue weighted by atomic mass is 32.1. The first-order chi connectivity index (χ1) is 29.7. The minimum Gasteiger partial charge on any atom is -0.378 e. The third-order valence-corrected chi connectivity index (χ3v) is 12.6. The molecule has 15 nitrogen and oxygen atoms in total. The molecule has 0 spiro atoms. The number of para-hydroxylation sites is 1. The molecule has 1 N–H and O–H groups in total. The lowest BCUT2D eigenvalue weighted by atomic mass is 9.89. The number of rotatable bonds is 11. The number of thiocarbonyl (C=S) groups is 1. The number of Topliss-reactive ketones (excluding diaryl/α,β-unsaturated/α-hetero) is 1. The lowest BCUT2D eigenvalue weighted by molar-refractivity contribution is -0.197. The number of hydrogen-bond acceptors (Lipinski definition) is 11. The summed E-state index contributed by atoms with van der Waals surface area (Å²) in [5, 5.41) is 16.9. The van der Waals surface area contributed by atoms with E-state index in [0.29, 0.717) is 80.3 Å². The normalized spacial score (nSPS) is 22.9. The highest BCUT2D eigenvalue weighted by molar-refractivity contribution is 7.80. The quantitative estimate of drug-likeness (QED) is 0.117. The van der Waals surface area contributed by atoms with Crippen molar-refractivity contribution in [3.63, 3.8) is 0 Å². The van der Waals surface area contributed by atoms with Gasteiger partial charge in [-0.15, -0.1) is 0 Å². The fourth-order valence-corrected chi connectivity index (χ4v) is 9.62. The summed E-state index contributed by atoms with van der Waals surface area (Å²) in [5.74, 6) is -1.37. The van der Waals surface area contributed by atoms with Gasteiger partial charge in [0.25, 0.3) is 5.91 Å². The van der Waals surface area contributed by atoms with Crippen molar-refractivity contribution < 1.29 is 50.3 Å². The Kier molecular flexibility index (Phi) is 12.9. The van der Waals surface area contributed by atoms with Gasteiger partial charge in [0.05, 0.1) is 47.7 Å². The van der Waals surface area contributed by atoms with Gasteiger partial charge < -0.3 is 19.9 Å². The summed E-state index contributed by atoms with van der Waals surface area (Å²) in [7, 11) is 1.63. The second kappa shape index (κ2) is 17.7. The number of fused-ring (bicyclic) bond motifs is 1. The van der Waals surface area contributed by atoms with Crippen LogP contribution in [0, 0.1) is 11.3 Å². The molecule has 1 atom stereocenters. The number of hydrogen-bond donors (Lipinski definition) is 1. The number of anilines is 3. The van der Waals surface area contributed by atoms with Crippen LogP contribution in [0.3, 0.4) is 0 Å². The van der Waals surface area contributed by atoms with Crippen LogP contribution in [0.25, 0.3) is 10.9 Å². The van der Waals surface area contributed by atoms with Gasteiger partial charge in [0.15, 0.2) is 16.6 Å². The number of halogens is 6. The molecule has 22 heteroatoms. The van der Waals surface area contributed by atoms with Gasteiger partial charge in [-0.1, -0.05) is 6.07 Å². The van der Waals surface area contributed by atoms with Crippen LogP contribution in [0.1, 0.15) is 70.1 Å². The molecule has 1 aromatic carbocycles. The lowest BCUT2D eigenvalue weighted by Crippen LogP contribution is -2.60. The van der Waals surface area contributed by atoms with Gasteiger partial charge in [-0.05, 0) is 76.4 Å². The average molecular weight is 905 g/mol. The predicted molar refractivity (Wildman–Crippen MR) is 220 cm³/mol. The van der Waals surface area contributed by atoms with Crippen LogP contribution in [-0.2, 0) is 37.1 Å². The Hall–Kier alpha value is -5.24. The number of aromatic nitrogens is 3. The van der Waals surface area contributed by atoms with Crippen molar-refractivity contribution in [3.8, 4) is 6.07 Å². The number of amides is 3. The molecule has 2 aromatic heterocycles. The van der Waals surface area contributed by atoms with E-state index in [0.717, 1.165) is 16.0 Å². The van der Waals surface area contributed by atoms with Crippen molar-refractivity contribution in [1.82, 2.24) is 29.5 Å². The number of carbonyl (C=O) groups excluding carboxylic acids is 4. The highest BCUT2D eigenvalue weighted by Crippen LogP contribution is 2.41. The number of ether oxygens (including phenoxy) is 1. The molecular formula is C41H46F6N10O5S. The van der Waals surface area contributed by atoms with Crippen molar-refractivity contribution >= 4 is 68.9 Å². The first-order valence-corrected chi connectivity index (χ1v) is 21.0. The third-order valence-electron chi connectivity index (χ3n) is 12.2. The van der Waals surface area contributed by atoms with Gasteiger partial charge >= 0.3 is 12.4 Å². The number of ketones is 1. The monoisotopic (exact) mass is 904 g/mol. The summed E-state index contributed by atoms with van der Waals surface area (Å²) >= 11 is 5.66. The topological polar surface area (TPSA) is 160 Å². The Balaban J connectivity index is 0.886. The number of carbonyl (C=O) groups is 4. The number of pyridine rings is 1. The molecule has 1 saturated carbocycles. The molecule has 3 saturated heterocycles. The van der Waals surface area contributed by atoms with E-state index in [4.69, 9.17) is 22.2 Å². The first kappa shape index (κ1) is 45.8. The molecule has 63 heavy (non-hydrogen) atoms. The zero-order chi connectivity index (χ0) is 45.6. The summed E-state index contributed by atoms with van der Waals surface area (Å²) in [5.41, 5.74) is -2.64. The smallest absolute Gasteiger partial charge is 0.378 e. The van der Waals surface area contributed by atoms with E-state index in [2.05, 4.69) is 15.4 Å². The molecule has 5 heterocycles. The molecule has 0 radical (unpaired) electrons. The minimum atomic E-state index is -4.87. The van der Waals surface area contributed by atoms with E-state index in [1.165, 1.54) is 15.7 Å². The summed E-state index contributed by atoms with van der Waals surface area (Å²) in [4.78, 5) is 61.9. The van der Waals surface area contributed by atoms with Gasteiger partial charge in [0.2, 0.25) is 11.8 Å². The van der Waals surface area contributed by atoms with E-state index < -0.39 is 53.5 Å². The van der Waals surface area contributed by atoms with Gasteiger partial charge in [-0.25, -0.2) is 4.98 Å². The van der Waals surface area contributed by atoms with Gasteiger partial charge in [0, 0.05) is 64.2 Å². The van der Waals surface area contributed by atoms with Crippen molar-refractivity contribution in [2.75, 3.05) is 61.0 Å². The summed E-state index contributed by atoms with van der Waals surface area (Å²) in [6, 6.07) is 5.02. The largest absolute Gasteiger partial charge is 0.419 e. The molecule has 3 aromatic rings. The number of piperazine rings is 1. The molecule has 3 aliphatic heterocycles. The molecule has 0 unspecified atom stereocenters. The molecule has 4 fully saturated rings. The second-order valence-electron chi connectivity index (χ2n) is 16.7. The minimum absolute atomic E-state index is 0.00184. The predicted octanol–water partition coefficient (Wildman–Crippen LogP) is 5.17. The number of nitriles is 1. The average Bonchev–Trinajstić information content (AvgIpc) is 3.64. The maximum atomic E-state index is 14.4. The van der Waals surface area contributed by atoms with Crippen molar-refractivity contribution in [2.45, 2.75) is 94.9 Å². The Morgan fingerprint density at radius 1 is 1.06 bits per heavy atom. The second-order valence-corrected chi connectivity index (χ2v) is 17.1. The van der Waals surface area contributed by atoms with Gasteiger partial charge in [-0.2, -0.15) is 36.7 Å². The van der Waals surface area contributed by atoms with Gasteiger partial charge in [0.1, 0.15) is 23.4 Å². The molecule has 1 aliphatic carbocycles. The van der Waals surface area contributed by atoms with Crippen LogP contribution in [0.5, 0.6) is 0 Å². The Labute approximate surface area is 363 Å². The Bertz CT molecular complexity index is 2340. The number of alkyl halides is 6. The number of piperidine rings is 1. The number of nitrogens with one attached hydrogen (secondary N) is 1. The summed E-state index contributed by atoms with van der Waals surface area (Å²) < 4.78 is 92.0. The third kappa shape index (κ3) is 9.37. The van der Waals surface area contributed by atoms with Crippen molar-refractivity contribution in [1.29, 1.82) is 5.26 Å². The molecule has 0 bridgehead atoms. The molecule has 338 valence electrons. The van der Waals surface area contributed by atoms with E-state index in [1.807, 2.05) is 0 Å². The van der Waals surface area contributed by atoms with Crippen LogP contribution in [0.2, 0.25) is 0 Å². The summed E-state index contributed by atoms with van der Waals surface area (Å²) in [6.45, 7) is 3.58. The first-order valence-electron chi connectivity index (χ1n) is 20.6. The van der Waals surface area contributed by atoms with Crippen LogP contribution < -0.4 is 15.1 Å². The van der Waals surface area contributed by atoms with Crippen LogP contribution in [0.15, 0.2) is 30.5 Å². The van der Waals surface area contributed by atoms with E-state index in [9.17, 15) is 45.5 Å². The zero-order valence-electron chi connectivity index (χ0n) is 34.8. The van der Waals surface area contributed by atoms with E-state index >= 15 is 0 Å². The standard InChI is InChI=1S/C41H46F6N10O5S/c1-39(2)37(61)56(25-18-29(40(42,43)44)31(20-48)49-21-25)38(63)57(39)24-8-10-27(11-9-24)62-17-5-13-53-15-16-54(32(22-53)41(45,46)47)23-33(59)50-30-7-4-6-28-35(30)52(3)51-36(28)55-14-12-26(58)19-34(55)60/h4,6-7,18,21,24,27,32H,5,8-17,19,22-23H2,1-3H3,(H,50,59)/t24?,27?,32-/m1/s1. The Morgan fingerprint density at radius 3 is 2.46 bits per heavy atom. The van der Waals surface area contributed by atoms with Crippen LogP contribution >= 0.6 is 12.2 Å². The molecule has 4 aliphatic rings. The van der Waals surface area contributed by atoms with E-state index in [1.54, 1.807) is 48.9 Å². The zero-order valence-corrected chi connectivity index (χ0v) is 35.6. The highest BCUT2D eigenvalue weighted by Gasteiger charge is 2.53. The van der Waals surface area contributed by atoms with Crippen molar-refractivity contribution in [3.05, 3.63) is 41.7 Å². The fraction of sp³-hybridized carbons (Fsp3) is 0.561. The lowest BCUT2D eigenvalue weighted by Gasteiger charge is -2.42. The molecule has 3 amide bonds. The maximum absolute atomic E-state index is 14.4. The number of benzene rings is 1. The molecular weight excluding hydrogens is 859 g/mol.